The van der Waals surface area contributed by atoms with Gasteiger partial charge in [0.1, 0.15) is 7.22 Å². The first-order chi connectivity index (χ1) is 6.95. The van der Waals surface area contributed by atoms with Crippen molar-refractivity contribution in [3.8, 4) is 0 Å². The molecule has 15 heavy (non-hydrogen) atoms. The minimum Gasteiger partial charge on any atom is -0.298 e. The highest BCUT2D eigenvalue weighted by atomic mass is 32.4. The first kappa shape index (κ1) is 15.2. The number of hydrogen-bond donors (Lipinski definition) is 0. The molecule has 0 saturated carbocycles. The van der Waals surface area contributed by atoms with Crippen LogP contribution in [0.2, 0.25) is 19.6 Å². The second-order valence-electron chi connectivity index (χ2n) is 5.06. The SMILES string of the molecule is CCC/C=N/CCCC(C)S[Si](C)(C)C. The maximum absolute atomic E-state index is 4.41. The summed E-state index contributed by atoms with van der Waals surface area (Å²) in [6.07, 6.45) is 7.00. The Kier molecular flexibility index (Phi) is 8.53. The molecule has 0 aromatic heterocycles. The van der Waals surface area contributed by atoms with Gasteiger partial charge in [0.25, 0.3) is 0 Å². The summed E-state index contributed by atoms with van der Waals surface area (Å²) in [5.74, 6) is 0. The van der Waals surface area contributed by atoms with Crippen LogP contribution in [0.25, 0.3) is 0 Å². The van der Waals surface area contributed by atoms with Crippen LogP contribution in [0, 0.1) is 0 Å². The van der Waals surface area contributed by atoms with Crippen molar-refractivity contribution in [2.24, 2.45) is 4.99 Å². The fourth-order valence-corrected chi connectivity index (χ4v) is 6.91. The van der Waals surface area contributed by atoms with Crippen LogP contribution >= 0.6 is 11.2 Å². The van der Waals surface area contributed by atoms with E-state index in [0.29, 0.717) is 0 Å². The lowest BCUT2D eigenvalue weighted by molar-refractivity contribution is 0.742. The lowest BCUT2D eigenvalue weighted by atomic mass is 10.2. The molecule has 3 heteroatoms. The summed E-state index contributed by atoms with van der Waals surface area (Å²) in [5.41, 5.74) is 0. The predicted octanol–water partition coefficient (Wildman–Crippen LogP) is 4.59. The van der Waals surface area contributed by atoms with Gasteiger partial charge in [0.05, 0.1) is 0 Å². The van der Waals surface area contributed by atoms with Crippen molar-refractivity contribution < 1.29 is 0 Å². The second kappa shape index (κ2) is 8.40. The molecule has 1 nitrogen and oxygen atoms in total. The van der Waals surface area contributed by atoms with Crippen LogP contribution in [0.1, 0.15) is 39.5 Å². The Balaban J connectivity index is 3.43. The molecule has 0 saturated heterocycles. The standard InChI is InChI=1S/C12H27NSSi/c1-6-7-10-13-11-8-9-12(2)14-15(3,4)5/h10,12H,6-9,11H2,1-5H3/b13-10+. The van der Waals surface area contributed by atoms with Gasteiger partial charge in [-0.2, -0.15) is 11.2 Å². The average molecular weight is 246 g/mol. The van der Waals surface area contributed by atoms with Gasteiger partial charge in [-0.25, -0.2) is 0 Å². The molecule has 90 valence electrons. The van der Waals surface area contributed by atoms with E-state index in [9.17, 15) is 0 Å². The molecular weight excluding hydrogens is 218 g/mol. The Morgan fingerprint density at radius 1 is 1.33 bits per heavy atom. The van der Waals surface area contributed by atoms with Gasteiger partial charge >= 0.3 is 0 Å². The van der Waals surface area contributed by atoms with Gasteiger partial charge in [0, 0.05) is 6.54 Å². The molecule has 0 rings (SSSR count). The molecule has 0 fully saturated rings. The quantitative estimate of drug-likeness (QED) is 0.346. The highest BCUT2D eigenvalue weighted by Gasteiger charge is 2.17. The molecule has 0 amide bonds. The molecule has 0 heterocycles. The molecule has 0 bridgehead atoms. The van der Waals surface area contributed by atoms with E-state index in [1.54, 1.807) is 0 Å². The molecule has 0 N–H and O–H groups in total. The third-order valence-electron chi connectivity index (χ3n) is 2.00. The van der Waals surface area contributed by atoms with Crippen LogP contribution in [-0.2, 0) is 0 Å². The number of hydrogen-bond acceptors (Lipinski definition) is 2. The second-order valence-corrected chi connectivity index (χ2v) is 14.7. The van der Waals surface area contributed by atoms with Crippen LogP contribution in [0.4, 0.5) is 0 Å². The van der Waals surface area contributed by atoms with E-state index in [2.05, 4.69) is 55.9 Å². The zero-order chi connectivity index (χ0) is 11.7. The molecule has 0 spiro atoms. The highest BCUT2D eigenvalue weighted by Crippen LogP contribution is 2.26. The van der Waals surface area contributed by atoms with E-state index < -0.39 is 7.22 Å². The summed E-state index contributed by atoms with van der Waals surface area (Å²) in [6.45, 7) is 12.8. The van der Waals surface area contributed by atoms with E-state index in [1.165, 1.54) is 19.3 Å². The number of aliphatic imine (C=N–C) groups is 1. The van der Waals surface area contributed by atoms with Gasteiger partial charge in [-0.1, -0.05) is 39.9 Å². The van der Waals surface area contributed by atoms with Crippen molar-refractivity contribution in [3.05, 3.63) is 0 Å². The molecule has 0 aromatic rings. The Morgan fingerprint density at radius 2 is 2.00 bits per heavy atom. The zero-order valence-corrected chi connectivity index (χ0v) is 12.9. The van der Waals surface area contributed by atoms with Crippen LogP contribution < -0.4 is 0 Å². The van der Waals surface area contributed by atoms with Crippen molar-refractivity contribution in [2.75, 3.05) is 6.54 Å². The molecule has 0 radical (unpaired) electrons. The molecule has 1 unspecified atom stereocenters. The summed E-state index contributed by atoms with van der Waals surface area (Å²) in [6, 6.07) is 0. The fraction of sp³-hybridized carbons (Fsp3) is 0.917. The van der Waals surface area contributed by atoms with Crippen molar-refractivity contribution in [2.45, 2.75) is 64.4 Å². The van der Waals surface area contributed by atoms with Crippen molar-refractivity contribution >= 4 is 24.6 Å². The minimum atomic E-state index is -0.923. The van der Waals surface area contributed by atoms with Gasteiger partial charge in [0.15, 0.2) is 0 Å². The first-order valence-corrected chi connectivity index (χ1v) is 11.2. The lowest BCUT2D eigenvalue weighted by Gasteiger charge is -2.20. The summed E-state index contributed by atoms with van der Waals surface area (Å²) in [7, 11) is -0.923. The summed E-state index contributed by atoms with van der Waals surface area (Å²) in [4.78, 5) is 4.41. The van der Waals surface area contributed by atoms with Gasteiger partial charge in [-0.15, -0.1) is 0 Å². The Bertz CT molecular complexity index is 175. The van der Waals surface area contributed by atoms with Gasteiger partial charge in [0.2, 0.25) is 0 Å². The van der Waals surface area contributed by atoms with Crippen molar-refractivity contribution in [3.63, 3.8) is 0 Å². The molecule has 0 aliphatic rings. The summed E-state index contributed by atoms with van der Waals surface area (Å²) in [5, 5.41) is 0.818. The zero-order valence-electron chi connectivity index (χ0n) is 11.0. The molecular formula is C12H27NSSi. The Hall–Kier alpha value is 0.237. The normalized spacial score (nSPS) is 14.7. The van der Waals surface area contributed by atoms with Gasteiger partial charge in [-0.3, -0.25) is 4.99 Å². The van der Waals surface area contributed by atoms with E-state index in [1.807, 2.05) is 0 Å². The van der Waals surface area contributed by atoms with Crippen LogP contribution in [-0.4, -0.2) is 25.2 Å². The van der Waals surface area contributed by atoms with Crippen molar-refractivity contribution in [1.29, 1.82) is 0 Å². The van der Waals surface area contributed by atoms with Crippen LogP contribution in [0.3, 0.4) is 0 Å². The van der Waals surface area contributed by atoms with E-state index >= 15 is 0 Å². The number of rotatable bonds is 8. The summed E-state index contributed by atoms with van der Waals surface area (Å²) < 4.78 is 0. The lowest BCUT2D eigenvalue weighted by Crippen LogP contribution is -2.18. The smallest absolute Gasteiger partial charge is 0.108 e. The van der Waals surface area contributed by atoms with Crippen LogP contribution in [0.5, 0.6) is 0 Å². The molecule has 0 aromatic carbocycles. The monoisotopic (exact) mass is 245 g/mol. The predicted molar refractivity (Wildman–Crippen MR) is 77.9 cm³/mol. The first-order valence-electron chi connectivity index (χ1n) is 6.12. The fourth-order valence-electron chi connectivity index (χ4n) is 1.44. The van der Waals surface area contributed by atoms with E-state index in [-0.39, 0.29) is 0 Å². The third kappa shape index (κ3) is 12.2. The molecule has 0 aliphatic heterocycles. The summed E-state index contributed by atoms with van der Waals surface area (Å²) >= 11 is 2.21. The van der Waals surface area contributed by atoms with E-state index in [4.69, 9.17) is 0 Å². The maximum atomic E-state index is 4.41. The Morgan fingerprint density at radius 3 is 2.53 bits per heavy atom. The molecule has 0 aliphatic carbocycles. The van der Waals surface area contributed by atoms with Gasteiger partial charge < -0.3 is 0 Å². The molecule has 1 atom stereocenters. The Labute approximate surface area is 101 Å². The maximum Gasteiger partial charge on any atom is 0.108 e. The number of nitrogens with zero attached hydrogens (tertiary/aromatic N) is 1. The minimum absolute atomic E-state index is 0.818. The number of unbranched alkanes of at least 4 members (excludes halogenated alkanes) is 1. The highest BCUT2D eigenvalue weighted by molar-refractivity contribution is 8.29. The van der Waals surface area contributed by atoms with Crippen LogP contribution in [0.15, 0.2) is 4.99 Å². The van der Waals surface area contributed by atoms with Crippen molar-refractivity contribution in [1.82, 2.24) is 0 Å². The third-order valence-corrected chi connectivity index (χ3v) is 6.67. The largest absolute Gasteiger partial charge is 0.298 e. The van der Waals surface area contributed by atoms with Gasteiger partial charge in [-0.05, 0) is 30.7 Å². The average Bonchev–Trinajstić information content (AvgIpc) is 2.08. The van der Waals surface area contributed by atoms with E-state index in [0.717, 1.165) is 18.2 Å². The topological polar surface area (TPSA) is 12.4 Å².